The number of halogens is 1. The molecule has 2 aromatic rings. The van der Waals surface area contributed by atoms with Crippen molar-refractivity contribution < 1.29 is 4.79 Å². The first kappa shape index (κ1) is 14.8. The lowest BCUT2D eigenvalue weighted by Crippen LogP contribution is -2.27. The lowest BCUT2D eigenvalue weighted by atomic mass is 10.1. The number of carbonyl (C=O) groups is 1. The summed E-state index contributed by atoms with van der Waals surface area (Å²) >= 11 is 6.09. The zero-order chi connectivity index (χ0) is 15.2. The average Bonchev–Trinajstić information content (AvgIpc) is 2.98. The Kier molecular flexibility index (Phi) is 4.75. The van der Waals surface area contributed by atoms with Gasteiger partial charge in [0.05, 0.1) is 6.04 Å². The molecule has 1 heterocycles. The van der Waals surface area contributed by atoms with E-state index in [0.717, 1.165) is 5.56 Å². The van der Waals surface area contributed by atoms with Gasteiger partial charge in [0.15, 0.2) is 0 Å². The average molecular weight is 301 g/mol. The summed E-state index contributed by atoms with van der Waals surface area (Å²) in [5.41, 5.74) is 0.770. The lowest BCUT2D eigenvalue weighted by molar-refractivity contribution is -0.117. The Bertz CT molecular complexity index is 701. The molecular weight excluding hydrogens is 288 g/mol. The van der Waals surface area contributed by atoms with Gasteiger partial charge in [-0.2, -0.15) is 5.26 Å². The molecule has 6 heteroatoms. The van der Waals surface area contributed by atoms with Gasteiger partial charge in [-0.3, -0.25) is 4.79 Å². The highest BCUT2D eigenvalue weighted by atomic mass is 35.5. The van der Waals surface area contributed by atoms with E-state index in [1.165, 1.54) is 6.08 Å². The van der Waals surface area contributed by atoms with Crippen LogP contribution in [0.3, 0.4) is 0 Å². The van der Waals surface area contributed by atoms with Crippen molar-refractivity contribution in [1.82, 2.24) is 15.3 Å². The predicted molar refractivity (Wildman–Crippen MR) is 80.2 cm³/mol. The van der Waals surface area contributed by atoms with E-state index in [2.05, 4.69) is 15.3 Å². The number of nitrogens with zero attached hydrogens (tertiary/aromatic N) is 2. The second-order valence-corrected chi connectivity index (χ2v) is 4.77. The molecule has 2 N–H and O–H groups in total. The number of hydrogen-bond donors (Lipinski definition) is 2. The van der Waals surface area contributed by atoms with Crippen molar-refractivity contribution in [2.24, 2.45) is 0 Å². The third kappa shape index (κ3) is 3.71. The van der Waals surface area contributed by atoms with Gasteiger partial charge in [-0.15, -0.1) is 0 Å². The van der Waals surface area contributed by atoms with Crippen molar-refractivity contribution in [2.45, 2.75) is 13.0 Å². The van der Waals surface area contributed by atoms with E-state index in [1.54, 1.807) is 25.4 Å². The van der Waals surface area contributed by atoms with E-state index in [9.17, 15) is 4.79 Å². The predicted octanol–water partition coefficient (Wildman–Crippen LogP) is 2.85. The van der Waals surface area contributed by atoms with Crippen LogP contribution >= 0.6 is 11.6 Å². The molecule has 0 saturated heterocycles. The Hall–Kier alpha value is -2.58. The molecule has 1 aromatic heterocycles. The number of rotatable bonds is 4. The molecule has 1 atom stereocenters. The molecule has 1 aromatic carbocycles. The summed E-state index contributed by atoms with van der Waals surface area (Å²) in [5.74, 6) is -0.0200. The summed E-state index contributed by atoms with van der Waals surface area (Å²) in [4.78, 5) is 18.9. The molecule has 0 saturated carbocycles. The molecule has 0 fully saturated rings. The van der Waals surface area contributed by atoms with E-state index in [4.69, 9.17) is 16.9 Å². The van der Waals surface area contributed by atoms with Crippen LogP contribution in [-0.2, 0) is 4.79 Å². The van der Waals surface area contributed by atoms with Gasteiger partial charge < -0.3 is 10.3 Å². The van der Waals surface area contributed by atoms with E-state index in [1.807, 2.05) is 24.3 Å². The number of nitrogens with one attached hydrogen (secondary N) is 2. The summed E-state index contributed by atoms with van der Waals surface area (Å²) in [6, 6.07) is 8.80. The van der Waals surface area contributed by atoms with Crippen LogP contribution < -0.4 is 5.32 Å². The Labute approximate surface area is 127 Å². The van der Waals surface area contributed by atoms with Gasteiger partial charge in [-0.25, -0.2) is 4.98 Å². The van der Waals surface area contributed by atoms with Crippen molar-refractivity contribution in [3.63, 3.8) is 0 Å². The van der Waals surface area contributed by atoms with Crippen molar-refractivity contribution in [3.8, 4) is 6.07 Å². The minimum absolute atomic E-state index is 0.0242. The fourth-order valence-electron chi connectivity index (χ4n) is 1.82. The Morgan fingerprint density at radius 1 is 1.52 bits per heavy atom. The second-order valence-electron chi connectivity index (χ2n) is 4.36. The first-order valence-corrected chi connectivity index (χ1v) is 6.66. The molecule has 0 aliphatic rings. The highest BCUT2D eigenvalue weighted by Gasteiger charge is 2.15. The van der Waals surface area contributed by atoms with E-state index < -0.39 is 5.91 Å². The summed E-state index contributed by atoms with van der Waals surface area (Å²) in [6.45, 7) is 1.81. The Balaban J connectivity index is 2.14. The molecule has 106 valence electrons. The molecule has 0 spiro atoms. The molecule has 0 aliphatic heterocycles. The quantitative estimate of drug-likeness (QED) is 0.673. The van der Waals surface area contributed by atoms with Gasteiger partial charge in [-0.05, 0) is 18.6 Å². The van der Waals surface area contributed by atoms with E-state index in [0.29, 0.717) is 10.8 Å². The number of benzene rings is 1. The Morgan fingerprint density at radius 2 is 2.29 bits per heavy atom. The number of aromatic nitrogens is 2. The number of carbonyl (C=O) groups excluding carboxylic acids is 1. The summed E-state index contributed by atoms with van der Waals surface area (Å²) < 4.78 is 0. The van der Waals surface area contributed by atoms with Gasteiger partial charge in [0.25, 0.3) is 5.91 Å². The molecule has 0 radical (unpaired) electrons. The number of amides is 1. The minimum Gasteiger partial charge on any atom is -0.345 e. The summed E-state index contributed by atoms with van der Waals surface area (Å²) in [7, 11) is 0. The summed E-state index contributed by atoms with van der Waals surface area (Å²) in [5, 5.41) is 12.4. The van der Waals surface area contributed by atoms with Crippen LogP contribution in [0.5, 0.6) is 0 Å². The number of aromatic amines is 1. The molecular formula is C15H13ClN4O. The SMILES string of the molecule is C[C@H](NC(=O)/C(C#N)=C/c1ncc[nH]1)c1ccccc1Cl. The maximum Gasteiger partial charge on any atom is 0.262 e. The van der Waals surface area contributed by atoms with Crippen LogP contribution in [0.15, 0.2) is 42.2 Å². The van der Waals surface area contributed by atoms with Gasteiger partial charge >= 0.3 is 0 Å². The fraction of sp³-hybridized carbons (Fsp3) is 0.133. The summed E-state index contributed by atoms with van der Waals surface area (Å²) in [6.07, 6.45) is 4.56. The topological polar surface area (TPSA) is 81.6 Å². The molecule has 0 aliphatic carbocycles. The number of hydrogen-bond acceptors (Lipinski definition) is 3. The van der Waals surface area contributed by atoms with Crippen molar-refractivity contribution in [3.05, 3.63) is 58.6 Å². The zero-order valence-electron chi connectivity index (χ0n) is 11.3. The van der Waals surface area contributed by atoms with Gasteiger partial charge in [0.1, 0.15) is 17.5 Å². The molecule has 2 rings (SSSR count). The van der Waals surface area contributed by atoms with Gasteiger partial charge in [-0.1, -0.05) is 29.8 Å². The molecule has 5 nitrogen and oxygen atoms in total. The van der Waals surface area contributed by atoms with Crippen LogP contribution in [0, 0.1) is 11.3 Å². The minimum atomic E-state index is -0.471. The van der Waals surface area contributed by atoms with Crippen LogP contribution in [0.4, 0.5) is 0 Å². The third-order valence-electron chi connectivity index (χ3n) is 2.88. The second kappa shape index (κ2) is 6.73. The van der Waals surface area contributed by atoms with Crippen molar-refractivity contribution in [2.75, 3.05) is 0 Å². The number of nitriles is 1. The van der Waals surface area contributed by atoms with Crippen molar-refractivity contribution >= 4 is 23.6 Å². The molecule has 1 amide bonds. The molecule has 21 heavy (non-hydrogen) atoms. The third-order valence-corrected chi connectivity index (χ3v) is 3.23. The number of H-pyrrole nitrogens is 1. The highest BCUT2D eigenvalue weighted by Crippen LogP contribution is 2.22. The maximum absolute atomic E-state index is 12.1. The largest absolute Gasteiger partial charge is 0.345 e. The van der Waals surface area contributed by atoms with Crippen molar-refractivity contribution in [1.29, 1.82) is 5.26 Å². The lowest BCUT2D eigenvalue weighted by Gasteiger charge is -2.15. The van der Waals surface area contributed by atoms with Gasteiger partial charge in [0, 0.05) is 23.5 Å². The number of imidazole rings is 1. The first-order chi connectivity index (χ1) is 10.1. The van der Waals surface area contributed by atoms with Crippen LogP contribution in [-0.4, -0.2) is 15.9 Å². The molecule has 0 unspecified atom stereocenters. The van der Waals surface area contributed by atoms with Crippen LogP contribution in [0.25, 0.3) is 6.08 Å². The zero-order valence-corrected chi connectivity index (χ0v) is 12.1. The Morgan fingerprint density at radius 3 is 2.90 bits per heavy atom. The fourth-order valence-corrected chi connectivity index (χ4v) is 2.12. The van der Waals surface area contributed by atoms with E-state index >= 15 is 0 Å². The standard InChI is InChI=1S/C15H13ClN4O/c1-10(12-4-2-3-5-13(12)16)20-15(21)11(9-17)8-14-18-6-7-19-14/h2-8,10H,1H3,(H,18,19)(H,20,21)/b11-8+/t10-/m0/s1. The van der Waals surface area contributed by atoms with E-state index in [-0.39, 0.29) is 11.6 Å². The highest BCUT2D eigenvalue weighted by molar-refractivity contribution is 6.31. The maximum atomic E-state index is 12.1. The normalized spacial score (nSPS) is 12.5. The van der Waals surface area contributed by atoms with Crippen LogP contribution in [0.2, 0.25) is 5.02 Å². The molecule has 0 bridgehead atoms. The van der Waals surface area contributed by atoms with Gasteiger partial charge in [0.2, 0.25) is 0 Å². The van der Waals surface area contributed by atoms with Crippen LogP contribution in [0.1, 0.15) is 24.4 Å². The first-order valence-electron chi connectivity index (χ1n) is 6.28. The monoisotopic (exact) mass is 300 g/mol. The smallest absolute Gasteiger partial charge is 0.262 e.